The molecule has 0 aromatic heterocycles. The zero-order valence-electron chi connectivity index (χ0n) is 10.7. The van der Waals surface area contributed by atoms with Gasteiger partial charge >= 0.3 is 0 Å². The Bertz CT molecular complexity index is 351. The Labute approximate surface area is 109 Å². The number of hydrogen-bond donors (Lipinski definition) is 3. The summed E-state index contributed by atoms with van der Waals surface area (Å²) in [6, 6.07) is 0.320. The molecule has 1 unspecified atom stereocenters. The third-order valence-electron chi connectivity index (χ3n) is 3.07. The smallest absolute Gasteiger partial charge is 0.217 e. The third kappa shape index (κ3) is 6.93. The van der Waals surface area contributed by atoms with Gasteiger partial charge in [-0.15, -0.1) is 0 Å². The lowest BCUT2D eigenvalue weighted by molar-refractivity contribution is -0.118. The molecule has 0 bridgehead atoms. The standard InChI is InChI=1S/C11H23N3O3S/c12-11(15)5-3-8-14-18(16,17)9-6-10-4-1-2-7-13-10/h10,13-14H,1-9H2,(H2,12,15). The maximum Gasteiger partial charge on any atom is 0.217 e. The third-order valence-corrected chi connectivity index (χ3v) is 4.49. The van der Waals surface area contributed by atoms with Crippen LogP contribution < -0.4 is 15.8 Å². The lowest BCUT2D eigenvalue weighted by Crippen LogP contribution is -2.37. The number of carbonyl (C=O) groups excluding carboxylic acids is 1. The number of nitrogens with one attached hydrogen (secondary N) is 2. The Morgan fingerprint density at radius 2 is 2.17 bits per heavy atom. The molecule has 1 rings (SSSR count). The van der Waals surface area contributed by atoms with E-state index in [1.807, 2.05) is 0 Å². The largest absolute Gasteiger partial charge is 0.370 e. The molecular formula is C11H23N3O3S. The first kappa shape index (κ1) is 15.4. The maximum absolute atomic E-state index is 11.7. The summed E-state index contributed by atoms with van der Waals surface area (Å²) in [7, 11) is -3.22. The van der Waals surface area contributed by atoms with Gasteiger partial charge in [0.1, 0.15) is 0 Å². The number of nitrogens with two attached hydrogens (primary N) is 1. The Hall–Kier alpha value is -0.660. The first-order valence-electron chi connectivity index (χ1n) is 6.48. The Morgan fingerprint density at radius 3 is 2.78 bits per heavy atom. The van der Waals surface area contributed by atoms with Gasteiger partial charge in [-0.3, -0.25) is 4.79 Å². The quantitative estimate of drug-likeness (QED) is 0.530. The van der Waals surface area contributed by atoms with Crippen molar-refractivity contribution in [2.24, 2.45) is 5.73 Å². The van der Waals surface area contributed by atoms with Crippen molar-refractivity contribution in [1.29, 1.82) is 0 Å². The van der Waals surface area contributed by atoms with E-state index in [1.165, 1.54) is 12.8 Å². The maximum atomic E-state index is 11.7. The number of piperidine rings is 1. The number of carbonyl (C=O) groups is 1. The molecule has 1 aliphatic rings. The fraction of sp³-hybridized carbons (Fsp3) is 0.909. The van der Waals surface area contributed by atoms with Gasteiger partial charge in [0.15, 0.2) is 0 Å². The summed E-state index contributed by atoms with van der Waals surface area (Å²) in [4.78, 5) is 10.5. The molecule has 18 heavy (non-hydrogen) atoms. The van der Waals surface area contributed by atoms with Crippen LogP contribution in [0.5, 0.6) is 0 Å². The van der Waals surface area contributed by atoms with Crippen LogP contribution >= 0.6 is 0 Å². The minimum atomic E-state index is -3.22. The molecule has 0 radical (unpaired) electrons. The van der Waals surface area contributed by atoms with Gasteiger partial charge < -0.3 is 11.1 Å². The second-order valence-electron chi connectivity index (χ2n) is 4.72. The van der Waals surface area contributed by atoms with Crippen molar-refractivity contribution in [2.45, 2.75) is 44.6 Å². The molecule has 6 nitrogen and oxygen atoms in total. The molecule has 0 aromatic carbocycles. The number of amides is 1. The van der Waals surface area contributed by atoms with Crippen molar-refractivity contribution in [3.63, 3.8) is 0 Å². The zero-order chi connectivity index (χ0) is 13.4. The van der Waals surface area contributed by atoms with E-state index >= 15 is 0 Å². The highest BCUT2D eigenvalue weighted by Crippen LogP contribution is 2.10. The van der Waals surface area contributed by atoms with E-state index in [-0.39, 0.29) is 18.7 Å². The topological polar surface area (TPSA) is 101 Å². The average Bonchev–Trinajstić information content (AvgIpc) is 2.34. The molecular weight excluding hydrogens is 254 g/mol. The normalized spacial score (nSPS) is 20.8. The van der Waals surface area contributed by atoms with Crippen molar-refractivity contribution in [3.05, 3.63) is 0 Å². The first-order valence-corrected chi connectivity index (χ1v) is 8.14. The SMILES string of the molecule is NC(=O)CCCNS(=O)(=O)CCC1CCCCN1. The number of hydrogen-bond acceptors (Lipinski definition) is 4. The number of rotatable bonds is 8. The molecule has 0 aliphatic carbocycles. The molecule has 1 atom stereocenters. The fourth-order valence-electron chi connectivity index (χ4n) is 2.03. The van der Waals surface area contributed by atoms with Gasteiger partial charge in [0.2, 0.25) is 15.9 Å². The summed E-state index contributed by atoms with van der Waals surface area (Å²) in [6.07, 6.45) is 4.71. The number of sulfonamides is 1. The molecule has 4 N–H and O–H groups in total. The van der Waals surface area contributed by atoms with Gasteiger partial charge in [-0.05, 0) is 32.2 Å². The minimum Gasteiger partial charge on any atom is -0.370 e. The van der Waals surface area contributed by atoms with E-state index in [4.69, 9.17) is 5.73 Å². The number of primary amides is 1. The molecule has 0 saturated carbocycles. The van der Waals surface area contributed by atoms with Gasteiger partial charge in [-0.2, -0.15) is 0 Å². The summed E-state index contributed by atoms with van der Waals surface area (Å²) < 4.78 is 25.8. The van der Waals surface area contributed by atoms with Crippen molar-refractivity contribution in [2.75, 3.05) is 18.8 Å². The average molecular weight is 277 g/mol. The van der Waals surface area contributed by atoms with Crippen molar-refractivity contribution in [1.82, 2.24) is 10.0 Å². The highest BCUT2D eigenvalue weighted by atomic mass is 32.2. The predicted octanol–water partition coefficient (Wildman–Crippen LogP) is -0.296. The molecule has 1 saturated heterocycles. The molecule has 1 heterocycles. The van der Waals surface area contributed by atoms with Crippen LogP contribution in [0.4, 0.5) is 0 Å². The van der Waals surface area contributed by atoms with E-state index < -0.39 is 15.9 Å². The monoisotopic (exact) mass is 277 g/mol. The van der Waals surface area contributed by atoms with Gasteiger partial charge in [0.05, 0.1) is 5.75 Å². The Kier molecular flexibility index (Phi) is 6.59. The van der Waals surface area contributed by atoms with Crippen molar-refractivity contribution in [3.8, 4) is 0 Å². The molecule has 1 amide bonds. The first-order chi connectivity index (χ1) is 8.49. The van der Waals surface area contributed by atoms with Crippen LogP contribution in [0.25, 0.3) is 0 Å². The second-order valence-corrected chi connectivity index (χ2v) is 6.64. The Balaban J connectivity index is 2.16. The predicted molar refractivity (Wildman–Crippen MR) is 70.5 cm³/mol. The van der Waals surface area contributed by atoms with E-state index in [2.05, 4.69) is 10.0 Å². The molecule has 0 spiro atoms. The van der Waals surface area contributed by atoms with Crippen LogP contribution in [0, 0.1) is 0 Å². The highest BCUT2D eigenvalue weighted by molar-refractivity contribution is 7.89. The van der Waals surface area contributed by atoms with Gasteiger partial charge in [0.25, 0.3) is 0 Å². The van der Waals surface area contributed by atoms with E-state index in [9.17, 15) is 13.2 Å². The Morgan fingerprint density at radius 1 is 1.39 bits per heavy atom. The van der Waals surface area contributed by atoms with E-state index in [0.717, 1.165) is 13.0 Å². The van der Waals surface area contributed by atoms with Crippen LogP contribution in [0.15, 0.2) is 0 Å². The highest BCUT2D eigenvalue weighted by Gasteiger charge is 2.16. The van der Waals surface area contributed by atoms with Gasteiger partial charge in [0, 0.05) is 19.0 Å². The van der Waals surface area contributed by atoms with Crippen molar-refractivity contribution >= 4 is 15.9 Å². The molecule has 7 heteroatoms. The second kappa shape index (κ2) is 7.70. The lowest BCUT2D eigenvalue weighted by atomic mass is 10.0. The minimum absolute atomic E-state index is 0.140. The van der Waals surface area contributed by atoms with Gasteiger partial charge in [-0.25, -0.2) is 13.1 Å². The molecule has 1 fully saturated rings. The summed E-state index contributed by atoms with van der Waals surface area (Å²) in [5.41, 5.74) is 4.97. The summed E-state index contributed by atoms with van der Waals surface area (Å²) in [5.74, 6) is -0.262. The van der Waals surface area contributed by atoms with Crippen LogP contribution in [0.2, 0.25) is 0 Å². The summed E-state index contributed by atoms with van der Waals surface area (Å²) in [5, 5.41) is 3.32. The zero-order valence-corrected chi connectivity index (χ0v) is 11.5. The molecule has 0 aromatic rings. The van der Waals surface area contributed by atoms with Crippen LogP contribution in [-0.4, -0.2) is 39.2 Å². The summed E-state index contributed by atoms with van der Waals surface area (Å²) in [6.45, 7) is 1.26. The molecule has 1 aliphatic heterocycles. The van der Waals surface area contributed by atoms with E-state index in [0.29, 0.717) is 18.9 Å². The summed E-state index contributed by atoms with van der Waals surface area (Å²) >= 11 is 0. The lowest BCUT2D eigenvalue weighted by Gasteiger charge is -2.23. The van der Waals surface area contributed by atoms with Crippen LogP contribution in [0.3, 0.4) is 0 Å². The van der Waals surface area contributed by atoms with Gasteiger partial charge in [-0.1, -0.05) is 6.42 Å². The van der Waals surface area contributed by atoms with Crippen LogP contribution in [0.1, 0.15) is 38.5 Å². The van der Waals surface area contributed by atoms with Crippen molar-refractivity contribution < 1.29 is 13.2 Å². The van der Waals surface area contributed by atoms with E-state index in [1.54, 1.807) is 0 Å². The molecule has 106 valence electrons. The van der Waals surface area contributed by atoms with Crippen LogP contribution in [-0.2, 0) is 14.8 Å². The fourth-order valence-corrected chi connectivity index (χ4v) is 3.22.